The second kappa shape index (κ2) is 13.8. The number of nitrogens with one attached hydrogen (secondary N) is 1. The maximum absolute atomic E-state index is 13.0. The Bertz CT molecular complexity index is 1230. The highest BCUT2D eigenvalue weighted by molar-refractivity contribution is 7.91. The van der Waals surface area contributed by atoms with Crippen molar-refractivity contribution in [3.63, 3.8) is 0 Å². The molecule has 3 rings (SSSR count). The van der Waals surface area contributed by atoms with Gasteiger partial charge < -0.3 is 15.2 Å². The number of aliphatic hydroxyl groups excluding tert-OH is 1. The first-order valence-electron chi connectivity index (χ1n) is 12.7. The molecule has 0 bridgehead atoms. The number of ether oxygens (including phenoxy) is 1. The minimum Gasteiger partial charge on any atom is -0.496 e. The minimum absolute atomic E-state index is 0.0418. The molecule has 1 amide bonds. The second-order valence-electron chi connectivity index (χ2n) is 9.69. The van der Waals surface area contributed by atoms with Gasteiger partial charge in [0.1, 0.15) is 15.6 Å². The van der Waals surface area contributed by atoms with Crippen LogP contribution in [0.15, 0.2) is 18.2 Å². The van der Waals surface area contributed by atoms with Gasteiger partial charge in [0, 0.05) is 32.0 Å². The first-order valence-corrected chi connectivity index (χ1v) is 15.0. The topological polar surface area (TPSA) is 111 Å². The number of hydrogen-bond acceptors (Lipinski definition) is 6. The summed E-state index contributed by atoms with van der Waals surface area (Å²) in [6.07, 6.45) is -0.673. The third kappa shape index (κ3) is 8.34. The molecule has 1 aromatic heterocycles. The summed E-state index contributed by atoms with van der Waals surface area (Å²) in [5.41, 5.74) is 1.46. The zero-order valence-corrected chi connectivity index (χ0v) is 24.4. The molecule has 1 fully saturated rings. The van der Waals surface area contributed by atoms with Gasteiger partial charge in [0.15, 0.2) is 5.69 Å². The molecule has 13 heteroatoms. The van der Waals surface area contributed by atoms with E-state index in [1.165, 1.54) is 13.4 Å². The van der Waals surface area contributed by atoms with Crippen molar-refractivity contribution in [1.29, 1.82) is 0 Å². The zero-order chi connectivity index (χ0) is 29.5. The van der Waals surface area contributed by atoms with Crippen LogP contribution in [0.2, 0.25) is 5.02 Å². The van der Waals surface area contributed by atoms with E-state index < -0.39 is 27.8 Å². The molecule has 220 valence electrons. The standard InChI is InChI=1S/C25H33ClF3N3O4S.CH4O/c1-5-32-23(19-11-8-17(13-20(19)36-3)12-15(2)25(27,28)29)21(26)22(31-32)24(33)30-14-16-6-9-18(10-7-16)37(4,34)35;1-2/h8,11,13,15-16,18H,5-7,9-10,12,14H2,1-4H3,(H,30,33);2H,1H3. The van der Waals surface area contributed by atoms with Gasteiger partial charge in [0.05, 0.1) is 29.0 Å². The first-order chi connectivity index (χ1) is 18.3. The lowest BCUT2D eigenvalue weighted by atomic mass is 9.89. The van der Waals surface area contributed by atoms with Crippen molar-refractivity contribution in [1.82, 2.24) is 15.1 Å². The Morgan fingerprint density at radius 1 is 1.26 bits per heavy atom. The van der Waals surface area contributed by atoms with Crippen molar-refractivity contribution in [2.75, 3.05) is 27.0 Å². The number of aryl methyl sites for hydroxylation is 1. The van der Waals surface area contributed by atoms with Crippen LogP contribution in [0.25, 0.3) is 11.3 Å². The number of rotatable bonds is 9. The third-order valence-electron chi connectivity index (χ3n) is 6.98. The summed E-state index contributed by atoms with van der Waals surface area (Å²) in [4.78, 5) is 13.0. The van der Waals surface area contributed by atoms with Gasteiger partial charge in [-0.2, -0.15) is 18.3 Å². The Morgan fingerprint density at radius 2 is 1.87 bits per heavy atom. The van der Waals surface area contributed by atoms with Crippen LogP contribution in [0.4, 0.5) is 13.2 Å². The van der Waals surface area contributed by atoms with Crippen LogP contribution in [0.5, 0.6) is 5.75 Å². The lowest BCUT2D eigenvalue weighted by molar-refractivity contribution is -0.169. The molecule has 1 saturated carbocycles. The summed E-state index contributed by atoms with van der Waals surface area (Å²) >= 11 is 6.63. The molecule has 0 saturated heterocycles. The second-order valence-corrected chi connectivity index (χ2v) is 12.4. The van der Waals surface area contributed by atoms with E-state index in [4.69, 9.17) is 21.4 Å². The Kier molecular flexibility index (Phi) is 11.7. The largest absolute Gasteiger partial charge is 0.496 e. The lowest BCUT2D eigenvalue weighted by Gasteiger charge is -2.27. The summed E-state index contributed by atoms with van der Waals surface area (Å²) in [7, 11) is -0.640. The molecule has 0 aliphatic heterocycles. The van der Waals surface area contributed by atoms with Crippen molar-refractivity contribution >= 4 is 27.3 Å². The summed E-state index contributed by atoms with van der Waals surface area (Å²) in [5, 5.41) is 14.0. The summed E-state index contributed by atoms with van der Waals surface area (Å²) < 4.78 is 69.6. The van der Waals surface area contributed by atoms with E-state index in [9.17, 15) is 26.4 Å². The highest BCUT2D eigenvalue weighted by atomic mass is 35.5. The van der Waals surface area contributed by atoms with Crippen LogP contribution in [0.3, 0.4) is 0 Å². The van der Waals surface area contributed by atoms with E-state index in [1.807, 2.05) is 6.92 Å². The Morgan fingerprint density at radius 3 is 2.38 bits per heavy atom. The van der Waals surface area contributed by atoms with Crippen LogP contribution >= 0.6 is 11.6 Å². The summed E-state index contributed by atoms with van der Waals surface area (Å²) in [6, 6.07) is 4.78. The molecule has 1 heterocycles. The van der Waals surface area contributed by atoms with Crippen molar-refractivity contribution in [3.8, 4) is 17.0 Å². The Labute approximate surface area is 232 Å². The number of halogens is 4. The SMILES string of the molecule is CCn1nc(C(=O)NCC2CCC(S(C)(=O)=O)CC2)c(Cl)c1-c1ccc(CC(C)C(F)(F)F)cc1OC.CO. The monoisotopic (exact) mass is 595 g/mol. The van der Waals surface area contributed by atoms with Crippen molar-refractivity contribution in [2.24, 2.45) is 11.8 Å². The van der Waals surface area contributed by atoms with Gasteiger partial charge in [0.25, 0.3) is 5.91 Å². The smallest absolute Gasteiger partial charge is 0.391 e. The number of aromatic nitrogens is 2. The van der Waals surface area contributed by atoms with Gasteiger partial charge in [-0.05, 0) is 62.6 Å². The zero-order valence-electron chi connectivity index (χ0n) is 22.8. The van der Waals surface area contributed by atoms with Gasteiger partial charge >= 0.3 is 6.18 Å². The van der Waals surface area contributed by atoms with Crippen LogP contribution in [0, 0.1) is 11.8 Å². The van der Waals surface area contributed by atoms with Gasteiger partial charge in [0.2, 0.25) is 0 Å². The molecule has 1 aliphatic rings. The average molecular weight is 596 g/mol. The van der Waals surface area contributed by atoms with Crippen LogP contribution < -0.4 is 10.1 Å². The van der Waals surface area contributed by atoms with Crippen molar-refractivity contribution in [2.45, 2.75) is 63.9 Å². The number of benzene rings is 1. The third-order valence-corrected chi connectivity index (χ3v) is 9.02. The van der Waals surface area contributed by atoms with Crippen LogP contribution in [-0.4, -0.2) is 67.7 Å². The molecule has 0 spiro atoms. The quantitative estimate of drug-likeness (QED) is 0.426. The average Bonchev–Trinajstić information content (AvgIpc) is 3.23. The van der Waals surface area contributed by atoms with E-state index in [-0.39, 0.29) is 28.3 Å². The fourth-order valence-corrected chi connectivity index (χ4v) is 6.14. The number of aliphatic hydroxyl groups is 1. The fraction of sp³-hybridized carbons (Fsp3) is 0.615. The molecule has 1 aromatic carbocycles. The van der Waals surface area contributed by atoms with Crippen LogP contribution in [-0.2, 0) is 22.8 Å². The number of hydrogen-bond donors (Lipinski definition) is 2. The van der Waals surface area contributed by atoms with E-state index >= 15 is 0 Å². The number of methoxy groups -OCH3 is 1. The number of sulfone groups is 1. The van der Waals surface area contributed by atoms with Crippen molar-refractivity contribution < 1.29 is 36.2 Å². The number of carbonyl (C=O) groups excluding carboxylic acids is 1. The molecule has 1 atom stereocenters. The van der Waals surface area contributed by atoms with Crippen molar-refractivity contribution in [3.05, 3.63) is 34.5 Å². The highest BCUT2D eigenvalue weighted by Gasteiger charge is 2.36. The summed E-state index contributed by atoms with van der Waals surface area (Å²) in [5.74, 6) is -1.46. The molecule has 1 unspecified atom stereocenters. The van der Waals surface area contributed by atoms with Gasteiger partial charge in [-0.15, -0.1) is 0 Å². The predicted octanol–water partition coefficient (Wildman–Crippen LogP) is 4.91. The molecule has 2 aromatic rings. The van der Waals surface area contributed by atoms with Gasteiger partial charge in [-0.25, -0.2) is 8.42 Å². The van der Waals surface area contributed by atoms with E-state index in [2.05, 4.69) is 10.4 Å². The van der Waals surface area contributed by atoms with E-state index in [0.717, 1.165) is 14.0 Å². The molecular weight excluding hydrogens is 559 g/mol. The maximum atomic E-state index is 13.0. The minimum atomic E-state index is -4.30. The predicted molar refractivity (Wildman–Crippen MR) is 145 cm³/mol. The molecule has 8 nitrogen and oxygen atoms in total. The number of alkyl halides is 3. The number of carbonyl (C=O) groups is 1. The molecular formula is C26H37ClF3N3O5S. The number of amides is 1. The normalized spacial score (nSPS) is 18.6. The number of nitrogens with zero attached hydrogens (tertiary/aromatic N) is 2. The molecule has 39 heavy (non-hydrogen) atoms. The maximum Gasteiger partial charge on any atom is 0.391 e. The lowest BCUT2D eigenvalue weighted by Crippen LogP contribution is -2.34. The fourth-order valence-electron chi connectivity index (χ4n) is 4.68. The molecule has 1 aliphatic carbocycles. The first kappa shape index (κ1) is 32.9. The summed E-state index contributed by atoms with van der Waals surface area (Å²) in [6.45, 7) is 3.75. The van der Waals surface area contributed by atoms with Gasteiger partial charge in [-0.1, -0.05) is 24.6 Å². The molecule has 2 N–H and O–H groups in total. The van der Waals surface area contributed by atoms with Crippen LogP contribution in [0.1, 0.15) is 55.6 Å². The molecule has 0 radical (unpaired) electrons. The van der Waals surface area contributed by atoms with E-state index in [1.54, 1.807) is 22.9 Å². The van der Waals surface area contributed by atoms with E-state index in [0.29, 0.717) is 61.3 Å². The Hall–Kier alpha value is -2.31. The van der Waals surface area contributed by atoms with Gasteiger partial charge in [-0.3, -0.25) is 9.48 Å². The Balaban J connectivity index is 0.00000260. The highest BCUT2D eigenvalue weighted by Crippen LogP contribution is 2.38.